The normalized spacial score (nSPS) is 31.9. The van der Waals surface area contributed by atoms with Gasteiger partial charge in [0.1, 0.15) is 6.10 Å². The molecule has 1 unspecified atom stereocenters. The third-order valence-electron chi connectivity index (χ3n) is 2.41. The fraction of sp³-hybridized carbons (Fsp3) is 0.667. The first-order valence-corrected chi connectivity index (χ1v) is 4.21. The molecule has 1 N–H and O–H groups in total. The van der Waals surface area contributed by atoms with Crippen LogP contribution < -0.4 is 0 Å². The Balaban J connectivity index is 2.16. The van der Waals surface area contributed by atoms with Gasteiger partial charge in [0.2, 0.25) is 0 Å². The summed E-state index contributed by atoms with van der Waals surface area (Å²) in [4.78, 5) is 11.3. The van der Waals surface area contributed by atoms with E-state index in [4.69, 9.17) is 0 Å². The quantitative estimate of drug-likeness (QED) is 0.609. The lowest BCUT2D eigenvalue weighted by atomic mass is 9.92. The van der Waals surface area contributed by atoms with Crippen LogP contribution in [-0.2, 0) is 4.79 Å². The van der Waals surface area contributed by atoms with Gasteiger partial charge >= 0.3 is 0 Å². The van der Waals surface area contributed by atoms with Crippen molar-refractivity contribution >= 4 is 5.78 Å². The Morgan fingerprint density at radius 2 is 2.09 bits per heavy atom. The highest BCUT2D eigenvalue weighted by Gasteiger charge is 2.34. The van der Waals surface area contributed by atoms with Crippen molar-refractivity contribution in [2.24, 2.45) is 5.92 Å². The molecule has 0 spiro atoms. The second kappa shape index (κ2) is 2.45. The second-order valence-electron chi connectivity index (χ2n) is 3.39. The Morgan fingerprint density at radius 3 is 2.73 bits per heavy atom. The summed E-state index contributed by atoms with van der Waals surface area (Å²) in [5.74, 6) is 0.483. The van der Waals surface area contributed by atoms with E-state index in [2.05, 4.69) is 0 Å². The molecule has 0 heterocycles. The SMILES string of the molecule is O=C1C(C2CC2)=CCCC1O. The van der Waals surface area contributed by atoms with Crippen LogP contribution in [0.2, 0.25) is 0 Å². The number of Topliss-reactive ketones (excluding diaryl/α,β-unsaturated/α-hetero) is 1. The molecule has 1 atom stereocenters. The van der Waals surface area contributed by atoms with Crippen molar-refractivity contribution in [1.29, 1.82) is 0 Å². The van der Waals surface area contributed by atoms with Crippen LogP contribution >= 0.6 is 0 Å². The topological polar surface area (TPSA) is 37.3 Å². The average Bonchev–Trinajstić information content (AvgIpc) is 2.77. The van der Waals surface area contributed by atoms with Gasteiger partial charge in [-0.2, -0.15) is 0 Å². The number of aliphatic hydroxyl groups is 1. The Kier molecular flexibility index (Phi) is 1.57. The number of aliphatic hydroxyl groups excluding tert-OH is 1. The van der Waals surface area contributed by atoms with E-state index >= 15 is 0 Å². The molecule has 2 aliphatic carbocycles. The highest BCUT2D eigenvalue weighted by atomic mass is 16.3. The summed E-state index contributed by atoms with van der Waals surface area (Å²) < 4.78 is 0. The molecule has 2 heteroatoms. The maximum atomic E-state index is 11.3. The van der Waals surface area contributed by atoms with Crippen molar-refractivity contribution in [3.8, 4) is 0 Å². The van der Waals surface area contributed by atoms with Gasteiger partial charge in [0, 0.05) is 0 Å². The van der Waals surface area contributed by atoms with E-state index in [0.29, 0.717) is 12.3 Å². The third kappa shape index (κ3) is 1.23. The molecule has 0 saturated heterocycles. The molecule has 0 amide bonds. The highest BCUT2D eigenvalue weighted by molar-refractivity contribution is 6.00. The molecule has 60 valence electrons. The van der Waals surface area contributed by atoms with E-state index in [9.17, 15) is 9.90 Å². The predicted octanol–water partition coefficient (Wildman–Crippen LogP) is 1.05. The van der Waals surface area contributed by atoms with Crippen molar-refractivity contribution < 1.29 is 9.90 Å². The average molecular weight is 152 g/mol. The Morgan fingerprint density at radius 1 is 1.36 bits per heavy atom. The van der Waals surface area contributed by atoms with Crippen LogP contribution in [-0.4, -0.2) is 17.0 Å². The molecule has 0 aromatic carbocycles. The number of allylic oxidation sites excluding steroid dienone is 1. The van der Waals surface area contributed by atoms with Gasteiger partial charge in [-0.3, -0.25) is 4.79 Å². The lowest BCUT2D eigenvalue weighted by Crippen LogP contribution is -2.25. The van der Waals surface area contributed by atoms with E-state index in [0.717, 1.165) is 24.8 Å². The van der Waals surface area contributed by atoms with E-state index in [1.807, 2.05) is 6.08 Å². The predicted molar refractivity (Wildman–Crippen MR) is 41.1 cm³/mol. The summed E-state index contributed by atoms with van der Waals surface area (Å²) in [6.07, 6.45) is 5.09. The van der Waals surface area contributed by atoms with Gasteiger partial charge in [-0.1, -0.05) is 6.08 Å². The smallest absolute Gasteiger partial charge is 0.187 e. The van der Waals surface area contributed by atoms with Gasteiger partial charge in [-0.25, -0.2) is 0 Å². The number of carbonyl (C=O) groups is 1. The molecular formula is C9H12O2. The summed E-state index contributed by atoms with van der Waals surface area (Å²) >= 11 is 0. The van der Waals surface area contributed by atoms with Crippen LogP contribution in [0.4, 0.5) is 0 Å². The van der Waals surface area contributed by atoms with Gasteiger partial charge in [0.25, 0.3) is 0 Å². The Hall–Kier alpha value is -0.630. The molecule has 0 bridgehead atoms. The maximum absolute atomic E-state index is 11.3. The van der Waals surface area contributed by atoms with Gasteiger partial charge in [-0.05, 0) is 37.2 Å². The number of hydrogen-bond donors (Lipinski definition) is 1. The zero-order valence-corrected chi connectivity index (χ0v) is 6.42. The summed E-state index contributed by atoms with van der Waals surface area (Å²) in [6.45, 7) is 0. The Bertz CT molecular complexity index is 214. The van der Waals surface area contributed by atoms with Crippen LogP contribution in [0, 0.1) is 5.92 Å². The largest absolute Gasteiger partial charge is 0.385 e. The fourth-order valence-electron chi connectivity index (χ4n) is 1.58. The molecule has 0 aromatic rings. The molecule has 2 rings (SSSR count). The molecule has 0 aliphatic heterocycles. The van der Waals surface area contributed by atoms with Gasteiger partial charge in [-0.15, -0.1) is 0 Å². The van der Waals surface area contributed by atoms with Crippen molar-refractivity contribution in [2.75, 3.05) is 0 Å². The van der Waals surface area contributed by atoms with Crippen LogP contribution in [0.3, 0.4) is 0 Å². The van der Waals surface area contributed by atoms with Crippen LogP contribution in [0.25, 0.3) is 0 Å². The van der Waals surface area contributed by atoms with E-state index in [-0.39, 0.29) is 5.78 Å². The van der Waals surface area contributed by atoms with Crippen LogP contribution in [0.1, 0.15) is 25.7 Å². The molecule has 11 heavy (non-hydrogen) atoms. The Labute approximate surface area is 65.9 Å². The minimum absolute atomic E-state index is 0.0150. The lowest BCUT2D eigenvalue weighted by molar-refractivity contribution is -0.124. The molecule has 0 radical (unpaired) electrons. The molecular weight excluding hydrogens is 140 g/mol. The van der Waals surface area contributed by atoms with Crippen LogP contribution in [0.5, 0.6) is 0 Å². The molecule has 1 saturated carbocycles. The van der Waals surface area contributed by atoms with Crippen molar-refractivity contribution in [2.45, 2.75) is 31.8 Å². The number of carbonyl (C=O) groups excluding carboxylic acids is 1. The minimum Gasteiger partial charge on any atom is -0.385 e. The zero-order valence-electron chi connectivity index (χ0n) is 6.42. The van der Waals surface area contributed by atoms with E-state index < -0.39 is 6.10 Å². The van der Waals surface area contributed by atoms with E-state index in [1.54, 1.807) is 0 Å². The number of hydrogen-bond acceptors (Lipinski definition) is 2. The minimum atomic E-state index is -0.699. The monoisotopic (exact) mass is 152 g/mol. The molecule has 2 nitrogen and oxygen atoms in total. The zero-order chi connectivity index (χ0) is 7.84. The van der Waals surface area contributed by atoms with Gasteiger partial charge < -0.3 is 5.11 Å². The summed E-state index contributed by atoms with van der Waals surface area (Å²) in [5.41, 5.74) is 0.906. The summed E-state index contributed by atoms with van der Waals surface area (Å²) in [5, 5.41) is 9.23. The molecule has 1 fully saturated rings. The maximum Gasteiger partial charge on any atom is 0.187 e. The van der Waals surface area contributed by atoms with Crippen molar-refractivity contribution in [3.05, 3.63) is 11.6 Å². The highest BCUT2D eigenvalue weighted by Crippen LogP contribution is 2.39. The standard InChI is InChI=1S/C9H12O2/c10-8-3-1-2-7(9(8)11)6-4-5-6/h2,6,8,10H,1,3-5H2. The van der Waals surface area contributed by atoms with Gasteiger partial charge in [0.15, 0.2) is 5.78 Å². The third-order valence-corrected chi connectivity index (χ3v) is 2.41. The molecule has 2 aliphatic rings. The van der Waals surface area contributed by atoms with Gasteiger partial charge in [0.05, 0.1) is 0 Å². The summed E-state index contributed by atoms with van der Waals surface area (Å²) in [6, 6.07) is 0. The first-order valence-electron chi connectivity index (χ1n) is 4.21. The first-order chi connectivity index (χ1) is 5.29. The number of rotatable bonds is 1. The van der Waals surface area contributed by atoms with Crippen LogP contribution in [0.15, 0.2) is 11.6 Å². The van der Waals surface area contributed by atoms with Crippen molar-refractivity contribution in [3.63, 3.8) is 0 Å². The van der Waals surface area contributed by atoms with Crippen molar-refractivity contribution in [1.82, 2.24) is 0 Å². The number of ketones is 1. The molecule has 0 aromatic heterocycles. The first kappa shape index (κ1) is 7.04. The fourth-order valence-corrected chi connectivity index (χ4v) is 1.58. The lowest BCUT2D eigenvalue weighted by Gasteiger charge is -2.15. The van der Waals surface area contributed by atoms with E-state index in [1.165, 1.54) is 0 Å². The summed E-state index contributed by atoms with van der Waals surface area (Å²) in [7, 11) is 0. The second-order valence-corrected chi connectivity index (χ2v) is 3.39.